The van der Waals surface area contributed by atoms with Crippen molar-refractivity contribution in [3.63, 3.8) is 0 Å². The molecule has 1 N–H and O–H groups in total. The smallest absolute Gasteiger partial charge is 0.0922 e. The number of rotatable bonds is 3. The maximum absolute atomic E-state index is 11.2. The van der Waals surface area contributed by atoms with Gasteiger partial charge in [0.1, 0.15) is 0 Å². The van der Waals surface area contributed by atoms with Crippen molar-refractivity contribution in [2.24, 2.45) is 27.7 Å². The van der Waals surface area contributed by atoms with Gasteiger partial charge < -0.3 is 9.84 Å². The zero-order valence-electron chi connectivity index (χ0n) is 18.1. The largest absolute Gasteiger partial charge is 0.388 e. The average molecular weight is 457 g/mol. The van der Waals surface area contributed by atoms with Gasteiger partial charge in [0, 0.05) is 0 Å². The van der Waals surface area contributed by atoms with Crippen LogP contribution in [0.4, 0.5) is 0 Å². The number of hydrogen-bond acceptors (Lipinski definition) is 6. The zero-order chi connectivity index (χ0) is 21.7. The number of ether oxygens (including phenoxy) is 1. The Kier molecular flexibility index (Phi) is 6.52. The summed E-state index contributed by atoms with van der Waals surface area (Å²) in [6.07, 6.45) is 5.17. The first-order chi connectivity index (χ1) is 13.4. The highest BCUT2D eigenvalue weighted by Gasteiger charge is 2.61. The lowest BCUT2D eigenvalue weighted by Crippen LogP contribution is -2.64. The quantitative estimate of drug-likeness (QED) is 0.348. The number of alkyl halides is 1. The third-order valence-electron chi connectivity index (χ3n) is 8.07. The molecule has 4 nitrogen and oxygen atoms in total. The molecule has 0 aromatic carbocycles. The standard InChI is InChI=1S/C22H33ClN2O2S2/c1-19(2)16(23)8-11-22(5,27-19)15-6-9-20(3,25-13-29)14-7-10-21(4,26)18(17(14)15)24-12-28/h14-18,26H,6-11H2,1-5H3/t14-,15-,16-,17-,18+,20+,21+,22+/m0/s1. The van der Waals surface area contributed by atoms with Crippen molar-refractivity contribution in [1.29, 1.82) is 0 Å². The molecular weight excluding hydrogens is 424 g/mol. The van der Waals surface area contributed by atoms with E-state index in [1.807, 2.05) is 6.92 Å². The van der Waals surface area contributed by atoms with Crippen molar-refractivity contribution in [1.82, 2.24) is 0 Å². The first-order valence-corrected chi connectivity index (χ1v) is 11.9. The summed E-state index contributed by atoms with van der Waals surface area (Å²) in [7, 11) is 0. The van der Waals surface area contributed by atoms with Gasteiger partial charge in [0.15, 0.2) is 0 Å². The maximum atomic E-state index is 11.2. The minimum Gasteiger partial charge on any atom is -0.388 e. The molecule has 1 heterocycles. The second-order valence-corrected chi connectivity index (χ2v) is 11.4. The number of fused-ring (bicyclic) bond motifs is 1. The van der Waals surface area contributed by atoms with E-state index in [1.165, 1.54) is 0 Å². The molecule has 3 fully saturated rings. The molecule has 29 heavy (non-hydrogen) atoms. The summed E-state index contributed by atoms with van der Waals surface area (Å²) < 4.78 is 6.72. The van der Waals surface area contributed by atoms with E-state index in [9.17, 15) is 5.11 Å². The van der Waals surface area contributed by atoms with Crippen LogP contribution in [0.15, 0.2) is 9.98 Å². The van der Waals surface area contributed by atoms with Crippen LogP contribution in [0.25, 0.3) is 0 Å². The third kappa shape index (κ3) is 4.15. The molecule has 1 aliphatic heterocycles. The monoisotopic (exact) mass is 456 g/mol. The van der Waals surface area contributed by atoms with Crippen LogP contribution in [0, 0.1) is 17.8 Å². The number of nitrogens with zero attached hydrogens (tertiary/aromatic N) is 2. The van der Waals surface area contributed by atoms with E-state index in [0.29, 0.717) is 6.42 Å². The Morgan fingerprint density at radius 3 is 2.21 bits per heavy atom. The molecule has 8 atom stereocenters. The molecular formula is C22H33ClN2O2S2. The van der Waals surface area contributed by atoms with E-state index in [1.54, 1.807) is 0 Å². The Hall–Kier alpha value is -0.190. The topological polar surface area (TPSA) is 54.2 Å². The van der Waals surface area contributed by atoms with Gasteiger partial charge in [-0.25, -0.2) is 9.98 Å². The Morgan fingerprint density at radius 2 is 1.62 bits per heavy atom. The highest BCUT2D eigenvalue weighted by molar-refractivity contribution is 7.78. The predicted octanol–water partition coefficient (Wildman–Crippen LogP) is 5.46. The summed E-state index contributed by atoms with van der Waals surface area (Å²) in [5, 5.41) is 16.4. The zero-order valence-corrected chi connectivity index (χ0v) is 20.5. The molecule has 3 aliphatic rings. The summed E-state index contributed by atoms with van der Waals surface area (Å²) in [6.45, 7) is 10.4. The number of thiocarbonyl (C=S) groups is 2. The molecule has 0 spiro atoms. The number of halogens is 1. The van der Waals surface area contributed by atoms with Crippen molar-refractivity contribution in [3.8, 4) is 0 Å². The van der Waals surface area contributed by atoms with Crippen molar-refractivity contribution in [2.75, 3.05) is 0 Å². The minimum atomic E-state index is -0.930. The lowest BCUT2D eigenvalue weighted by molar-refractivity contribution is -0.220. The summed E-state index contributed by atoms with van der Waals surface area (Å²) in [5.41, 5.74) is -1.98. The number of aliphatic imine (C=N–C) groups is 2. The van der Waals surface area contributed by atoms with Gasteiger partial charge in [-0.15, -0.1) is 11.6 Å². The normalized spacial score (nSPS) is 49.3. The molecule has 0 bridgehead atoms. The van der Waals surface area contributed by atoms with E-state index in [2.05, 4.69) is 48.0 Å². The first-order valence-electron chi connectivity index (χ1n) is 10.6. The van der Waals surface area contributed by atoms with Gasteiger partial charge in [-0.3, -0.25) is 0 Å². The van der Waals surface area contributed by atoms with Crippen LogP contribution >= 0.6 is 36.0 Å². The molecule has 0 radical (unpaired) electrons. The fourth-order valence-electron chi connectivity index (χ4n) is 6.45. The van der Waals surface area contributed by atoms with Gasteiger partial charge in [-0.2, -0.15) is 0 Å². The summed E-state index contributed by atoms with van der Waals surface area (Å²) in [6, 6.07) is -0.332. The van der Waals surface area contributed by atoms with Gasteiger partial charge in [0.25, 0.3) is 0 Å². The Labute approximate surface area is 190 Å². The lowest BCUT2D eigenvalue weighted by atomic mass is 9.51. The molecule has 0 aromatic heterocycles. The summed E-state index contributed by atoms with van der Waals surface area (Å²) in [5.74, 6) is 0.521. The van der Waals surface area contributed by atoms with Gasteiger partial charge >= 0.3 is 0 Å². The molecule has 2 saturated carbocycles. The first kappa shape index (κ1) is 23.5. The van der Waals surface area contributed by atoms with Crippen LogP contribution in [0.2, 0.25) is 0 Å². The molecule has 0 aromatic rings. The van der Waals surface area contributed by atoms with E-state index in [4.69, 9.17) is 40.8 Å². The van der Waals surface area contributed by atoms with Crippen LogP contribution in [0.1, 0.15) is 73.1 Å². The summed E-state index contributed by atoms with van der Waals surface area (Å²) >= 11 is 16.5. The minimum absolute atomic E-state index is 0.0103. The van der Waals surface area contributed by atoms with Gasteiger partial charge in [0.05, 0.1) is 44.1 Å². The molecule has 1 saturated heterocycles. The molecule has 162 valence electrons. The Balaban J connectivity index is 2.08. The van der Waals surface area contributed by atoms with Crippen LogP contribution in [0.3, 0.4) is 0 Å². The molecule has 7 heteroatoms. The van der Waals surface area contributed by atoms with Gasteiger partial charge in [-0.1, -0.05) is 0 Å². The highest BCUT2D eigenvalue weighted by atomic mass is 35.5. The van der Waals surface area contributed by atoms with Crippen molar-refractivity contribution < 1.29 is 9.84 Å². The molecule has 0 amide bonds. The lowest BCUT2D eigenvalue weighted by Gasteiger charge is -2.60. The van der Waals surface area contributed by atoms with E-state index in [0.717, 1.165) is 32.1 Å². The van der Waals surface area contributed by atoms with E-state index in [-0.39, 0.29) is 40.3 Å². The van der Waals surface area contributed by atoms with Crippen LogP contribution in [-0.2, 0) is 4.74 Å². The average Bonchev–Trinajstić information content (AvgIpc) is 2.61. The second kappa shape index (κ2) is 8.06. The summed E-state index contributed by atoms with van der Waals surface area (Å²) in [4.78, 5) is 9.14. The number of isothiocyanates is 2. The van der Waals surface area contributed by atoms with Gasteiger partial charge in [-0.05, 0) is 115 Å². The third-order valence-corrected chi connectivity index (χ3v) is 9.02. The van der Waals surface area contributed by atoms with E-state index < -0.39 is 11.2 Å². The van der Waals surface area contributed by atoms with Crippen molar-refractivity contribution >= 4 is 46.4 Å². The fourth-order valence-corrected chi connectivity index (χ4v) is 6.93. The van der Waals surface area contributed by atoms with Crippen LogP contribution in [0.5, 0.6) is 0 Å². The molecule has 0 unspecified atom stereocenters. The van der Waals surface area contributed by atoms with Crippen LogP contribution < -0.4 is 0 Å². The SMILES string of the molecule is CC1(C)O[C@@](C)([C@H]2CC[C@@](C)(N=C=S)[C@H]3CC[C@@](C)(O)[C@H](N=C=S)[C@@H]32)CC[C@@H]1Cl. The van der Waals surface area contributed by atoms with E-state index >= 15 is 0 Å². The highest BCUT2D eigenvalue weighted by Crippen LogP contribution is 2.58. The number of hydrogen-bond donors (Lipinski definition) is 1. The Morgan fingerprint density at radius 1 is 0.966 bits per heavy atom. The fraction of sp³-hybridized carbons (Fsp3) is 0.909. The number of aliphatic hydroxyl groups is 1. The van der Waals surface area contributed by atoms with Crippen LogP contribution in [-0.4, -0.2) is 49.2 Å². The maximum Gasteiger partial charge on any atom is 0.0922 e. The van der Waals surface area contributed by atoms with Gasteiger partial charge in [0.2, 0.25) is 0 Å². The molecule has 2 aliphatic carbocycles. The van der Waals surface area contributed by atoms with Crippen molar-refractivity contribution in [2.45, 2.75) is 107 Å². The molecule has 3 rings (SSSR count). The Bertz CT molecular complexity index is 747. The van der Waals surface area contributed by atoms with Crippen molar-refractivity contribution in [3.05, 3.63) is 0 Å². The second-order valence-electron chi connectivity index (χ2n) is 10.5. The predicted molar refractivity (Wildman–Crippen MR) is 124 cm³/mol.